The third-order valence-electron chi connectivity index (χ3n) is 7.67. The normalized spacial score (nSPS) is 17.0. The molecule has 0 saturated heterocycles. The SMILES string of the molecule is COC(=O)/C=C(\C)N.Cc1c(C)c(C)c(C=O)c(C)c1C.O=C1COc2ccccc2S(=O)(=O)C1.O=S1(=O)CC(O)COc2ccccc21. The molecule has 0 fully saturated rings. The summed E-state index contributed by atoms with van der Waals surface area (Å²) in [6.45, 7) is 11.8. The maximum Gasteiger partial charge on any atom is 0.332 e. The van der Waals surface area contributed by atoms with Crippen molar-refractivity contribution in [2.24, 2.45) is 5.73 Å². The molecule has 2 aliphatic heterocycles. The average Bonchev–Trinajstić information content (AvgIpc) is 3.25. The highest BCUT2D eigenvalue weighted by Crippen LogP contribution is 2.28. The van der Waals surface area contributed by atoms with Crippen molar-refractivity contribution in [2.75, 3.05) is 31.8 Å². The molecule has 266 valence electrons. The molecule has 14 heteroatoms. The highest BCUT2D eigenvalue weighted by atomic mass is 32.2. The van der Waals surface area contributed by atoms with E-state index in [0.29, 0.717) is 11.4 Å². The first kappa shape index (κ1) is 40.6. The van der Waals surface area contributed by atoms with Gasteiger partial charge in [0.2, 0.25) is 0 Å². The van der Waals surface area contributed by atoms with Gasteiger partial charge in [-0.1, -0.05) is 24.3 Å². The smallest absolute Gasteiger partial charge is 0.332 e. The van der Waals surface area contributed by atoms with Crippen molar-refractivity contribution in [3.63, 3.8) is 0 Å². The molecule has 2 heterocycles. The van der Waals surface area contributed by atoms with Gasteiger partial charge in [-0.25, -0.2) is 21.6 Å². The molecular formula is C35H43NO11S2. The molecule has 0 aromatic heterocycles. The second-order valence-corrected chi connectivity index (χ2v) is 15.3. The number of aldehydes is 1. The highest BCUT2D eigenvalue weighted by molar-refractivity contribution is 7.92. The lowest BCUT2D eigenvalue weighted by molar-refractivity contribution is -0.134. The molecule has 3 N–H and O–H groups in total. The van der Waals surface area contributed by atoms with Crippen LogP contribution in [0.2, 0.25) is 0 Å². The van der Waals surface area contributed by atoms with E-state index in [0.717, 1.165) is 23.0 Å². The number of allylic oxidation sites excluding steroid dienone is 1. The molecule has 0 radical (unpaired) electrons. The molecule has 0 aliphatic carbocycles. The Morgan fingerprint density at radius 1 is 0.837 bits per heavy atom. The van der Waals surface area contributed by atoms with Gasteiger partial charge in [0.05, 0.1) is 12.9 Å². The Bertz CT molecular complexity index is 1900. The van der Waals surface area contributed by atoms with Crippen molar-refractivity contribution in [2.45, 2.75) is 57.4 Å². The minimum absolute atomic E-state index is 0.0241. The number of carbonyl (C=O) groups excluding carboxylic acids is 3. The molecule has 3 aromatic carbocycles. The van der Waals surface area contributed by atoms with Gasteiger partial charge in [0, 0.05) is 17.3 Å². The van der Waals surface area contributed by atoms with Crippen LogP contribution < -0.4 is 15.2 Å². The summed E-state index contributed by atoms with van der Waals surface area (Å²) in [4.78, 5) is 32.4. The summed E-state index contributed by atoms with van der Waals surface area (Å²) in [6, 6.07) is 12.7. The number of rotatable bonds is 2. The number of aliphatic hydroxyl groups excluding tert-OH is 1. The second-order valence-electron chi connectivity index (χ2n) is 11.3. The first-order valence-electron chi connectivity index (χ1n) is 15.0. The predicted molar refractivity (Wildman–Crippen MR) is 184 cm³/mol. The summed E-state index contributed by atoms with van der Waals surface area (Å²) in [7, 11) is -5.60. The molecule has 0 bridgehead atoms. The number of fused-ring (bicyclic) bond motifs is 2. The first-order valence-corrected chi connectivity index (χ1v) is 18.3. The topological polar surface area (TPSA) is 193 Å². The number of para-hydroxylation sites is 2. The monoisotopic (exact) mass is 717 g/mol. The van der Waals surface area contributed by atoms with E-state index < -0.39 is 43.3 Å². The number of methoxy groups -OCH3 is 1. The van der Waals surface area contributed by atoms with E-state index in [9.17, 15) is 36.3 Å². The van der Waals surface area contributed by atoms with Crippen LogP contribution in [0.1, 0.15) is 45.1 Å². The van der Waals surface area contributed by atoms with E-state index >= 15 is 0 Å². The van der Waals surface area contributed by atoms with E-state index in [-0.39, 0.29) is 34.5 Å². The van der Waals surface area contributed by atoms with Crippen LogP contribution in [0, 0.1) is 34.6 Å². The number of esters is 1. The summed E-state index contributed by atoms with van der Waals surface area (Å²) in [5.41, 5.74) is 12.5. The van der Waals surface area contributed by atoms with E-state index in [1.807, 2.05) is 13.8 Å². The Kier molecular flexibility index (Phi) is 14.7. The van der Waals surface area contributed by atoms with E-state index in [1.165, 1.54) is 42.0 Å². The van der Waals surface area contributed by atoms with Crippen LogP contribution in [-0.2, 0) is 34.0 Å². The quantitative estimate of drug-likeness (QED) is 0.222. The standard InChI is InChI=1S/C12H16O.C9H10O4S.C9H8O4S.C5H9NO2/c1-7-8(2)10(4)12(6-13)11(5)9(7)3;2*10-7-5-13-8-3-1-2-4-9(8)14(11,12)6-7;1-4(6)3-5(7)8-2/h6H,1-5H3;1-4,7,10H,5-6H2;1-4H,5-6H2;3H,6H2,1-2H3/b;;;4-3+. The van der Waals surface area contributed by atoms with Crippen molar-refractivity contribution >= 4 is 37.7 Å². The first-order chi connectivity index (χ1) is 22.9. The number of aliphatic hydroxyl groups is 1. The van der Waals surface area contributed by atoms with Gasteiger partial charge < -0.3 is 25.1 Å². The Morgan fingerprint density at radius 2 is 1.31 bits per heavy atom. The van der Waals surface area contributed by atoms with Crippen LogP contribution in [0.4, 0.5) is 0 Å². The largest absolute Gasteiger partial charge is 0.489 e. The second kappa shape index (κ2) is 17.7. The molecule has 0 amide bonds. The van der Waals surface area contributed by atoms with Crippen LogP contribution >= 0.6 is 0 Å². The van der Waals surface area contributed by atoms with Crippen molar-refractivity contribution in [1.29, 1.82) is 0 Å². The minimum Gasteiger partial charge on any atom is -0.489 e. The van der Waals surface area contributed by atoms with Crippen LogP contribution in [-0.4, -0.2) is 77.9 Å². The van der Waals surface area contributed by atoms with Crippen molar-refractivity contribution in [3.05, 3.63) is 93.7 Å². The fourth-order valence-electron chi connectivity index (χ4n) is 4.67. The molecule has 49 heavy (non-hydrogen) atoms. The zero-order valence-corrected chi connectivity index (χ0v) is 30.2. The third kappa shape index (κ3) is 11.3. The van der Waals surface area contributed by atoms with Crippen LogP contribution in [0.5, 0.6) is 11.5 Å². The van der Waals surface area contributed by atoms with E-state index in [2.05, 4.69) is 25.5 Å². The third-order valence-corrected chi connectivity index (χ3v) is 11.2. The number of hydrogen-bond acceptors (Lipinski definition) is 12. The maximum atomic E-state index is 11.7. The lowest BCUT2D eigenvalue weighted by atomic mass is 9.90. The van der Waals surface area contributed by atoms with E-state index in [1.54, 1.807) is 43.3 Å². The summed E-state index contributed by atoms with van der Waals surface area (Å²) < 4.78 is 61.0. The van der Waals surface area contributed by atoms with Crippen molar-refractivity contribution in [3.8, 4) is 11.5 Å². The van der Waals surface area contributed by atoms with Gasteiger partial charge >= 0.3 is 5.97 Å². The van der Waals surface area contributed by atoms with Gasteiger partial charge in [0.1, 0.15) is 46.4 Å². The molecule has 12 nitrogen and oxygen atoms in total. The van der Waals surface area contributed by atoms with Gasteiger partial charge in [0.25, 0.3) is 0 Å². The number of Topliss-reactive ketones (excluding diaryl/α,β-unsaturated/α-hetero) is 1. The summed E-state index contributed by atoms with van der Waals surface area (Å²) in [6.07, 6.45) is 1.23. The van der Waals surface area contributed by atoms with Gasteiger partial charge in [0.15, 0.2) is 31.7 Å². The summed E-state index contributed by atoms with van der Waals surface area (Å²) in [5, 5.41) is 9.29. The molecular weight excluding hydrogens is 675 g/mol. The Labute approximate surface area is 287 Å². The van der Waals surface area contributed by atoms with Crippen LogP contribution in [0.25, 0.3) is 0 Å². The fraction of sp³-hybridized carbons (Fsp3) is 0.343. The number of nitrogens with two attached hydrogens (primary N) is 1. The lowest BCUT2D eigenvalue weighted by Gasteiger charge is -2.14. The number of sulfone groups is 2. The van der Waals surface area contributed by atoms with Crippen molar-refractivity contribution in [1.82, 2.24) is 0 Å². The average molecular weight is 718 g/mol. The lowest BCUT2D eigenvalue weighted by Crippen LogP contribution is -2.23. The fourth-order valence-corrected chi connectivity index (χ4v) is 7.55. The molecule has 3 aromatic rings. The predicted octanol–water partition coefficient (Wildman–Crippen LogP) is 3.70. The van der Waals surface area contributed by atoms with Crippen molar-refractivity contribution < 1.29 is 50.5 Å². The number of carbonyl (C=O) groups is 3. The molecule has 0 spiro atoms. The maximum absolute atomic E-state index is 11.7. The van der Waals surface area contributed by atoms with Gasteiger partial charge in [-0.05, 0) is 93.6 Å². The molecule has 1 unspecified atom stereocenters. The van der Waals surface area contributed by atoms with Gasteiger partial charge in [-0.15, -0.1) is 0 Å². The molecule has 0 saturated carbocycles. The Hall–Kier alpha value is -4.53. The molecule has 1 atom stereocenters. The number of benzene rings is 3. The minimum atomic E-state index is -3.50. The highest BCUT2D eigenvalue weighted by Gasteiger charge is 2.28. The van der Waals surface area contributed by atoms with Crippen LogP contribution in [0.15, 0.2) is 70.1 Å². The zero-order valence-electron chi connectivity index (χ0n) is 28.6. The van der Waals surface area contributed by atoms with Gasteiger partial charge in [-0.2, -0.15) is 0 Å². The number of ketones is 1. The Balaban J connectivity index is 0.000000231. The zero-order chi connectivity index (χ0) is 37.1. The molecule has 5 rings (SSSR count). The van der Waals surface area contributed by atoms with Crippen LogP contribution in [0.3, 0.4) is 0 Å². The Morgan fingerprint density at radius 3 is 1.78 bits per heavy atom. The molecule has 2 aliphatic rings. The summed E-state index contributed by atoms with van der Waals surface area (Å²) >= 11 is 0. The summed E-state index contributed by atoms with van der Waals surface area (Å²) in [5.74, 6) is -0.984. The van der Waals surface area contributed by atoms with Gasteiger partial charge in [-0.3, -0.25) is 9.59 Å². The number of ether oxygens (including phenoxy) is 3. The van der Waals surface area contributed by atoms with E-state index in [4.69, 9.17) is 15.2 Å². The number of hydrogen-bond donors (Lipinski definition) is 2.